The number of nitrogens with one attached hydrogen (secondary N) is 1. The number of piperazine rings is 1. The molecule has 8 rings (SSSR count). The molecule has 308 valence electrons. The van der Waals surface area contributed by atoms with Crippen LogP contribution in [0.1, 0.15) is 70.0 Å². The van der Waals surface area contributed by atoms with E-state index < -0.39 is 35.9 Å². The molecule has 2 aromatic heterocycles. The number of carbonyl (C=O) groups excluding carboxylic acids is 4. The van der Waals surface area contributed by atoms with Crippen molar-refractivity contribution < 1.29 is 44.4 Å². The molecule has 0 radical (unpaired) electrons. The Hall–Kier alpha value is -7.50. The molecule has 3 aromatic carbocycles. The number of phenolic OH excluding ortho intramolecular Hbond substituents is 2. The van der Waals surface area contributed by atoms with Crippen molar-refractivity contribution in [2.75, 3.05) is 36.0 Å². The highest BCUT2D eigenvalue weighted by Gasteiger charge is 2.41. The average molecular weight is 816 g/mol. The van der Waals surface area contributed by atoms with Crippen LogP contribution in [0.4, 0.5) is 16.3 Å². The maximum absolute atomic E-state index is 13.6. The molecule has 0 spiro atoms. The molecular formula is C42H41N9O9. The summed E-state index contributed by atoms with van der Waals surface area (Å²) in [5.74, 6) is -1.04. The van der Waals surface area contributed by atoms with E-state index in [0.717, 1.165) is 4.90 Å². The predicted molar refractivity (Wildman–Crippen MR) is 215 cm³/mol. The first-order chi connectivity index (χ1) is 28.8. The van der Waals surface area contributed by atoms with Gasteiger partial charge in [-0.05, 0) is 65.9 Å². The second-order valence-electron chi connectivity index (χ2n) is 15.2. The van der Waals surface area contributed by atoms with E-state index in [0.29, 0.717) is 71.2 Å². The summed E-state index contributed by atoms with van der Waals surface area (Å²) in [5, 5.41) is 52.0. The fraction of sp³-hybridized carbons (Fsp3) is 0.286. The number of imide groups is 1. The van der Waals surface area contributed by atoms with Crippen LogP contribution in [0, 0.1) is 0 Å². The van der Waals surface area contributed by atoms with Crippen molar-refractivity contribution in [1.82, 2.24) is 34.9 Å². The van der Waals surface area contributed by atoms with Crippen LogP contribution in [0.25, 0.3) is 17.1 Å². The number of fused-ring (bicyclic) bond motifs is 1. The molecule has 1 atom stereocenters. The normalized spacial score (nSPS) is 16.6. The molecule has 0 aliphatic carbocycles. The van der Waals surface area contributed by atoms with Crippen LogP contribution < -0.4 is 15.1 Å². The molecule has 18 nitrogen and oxygen atoms in total. The number of pyridine rings is 1. The Balaban J connectivity index is 0.904. The first-order valence-electron chi connectivity index (χ1n) is 19.4. The Bertz CT molecular complexity index is 2530. The number of carboxylic acid groups (broad SMARTS) is 1. The van der Waals surface area contributed by atoms with Gasteiger partial charge in [-0.25, -0.2) is 14.3 Å². The molecule has 5 aromatic rings. The van der Waals surface area contributed by atoms with Gasteiger partial charge in [-0.3, -0.25) is 29.4 Å². The lowest BCUT2D eigenvalue weighted by Crippen LogP contribution is -2.52. The third-order valence-electron chi connectivity index (χ3n) is 11.2. The topological polar surface area (TPSA) is 235 Å². The minimum absolute atomic E-state index is 0.0185. The van der Waals surface area contributed by atoms with Crippen LogP contribution in [-0.2, 0) is 22.7 Å². The first kappa shape index (κ1) is 39.3. The number of piperidine rings is 1. The largest absolute Gasteiger partial charge is 0.508 e. The third kappa shape index (κ3) is 7.27. The standard InChI is InChI=1S/C42H41N9O9/c1-23(2)28-18-29(34(53)19-33(28)52)37-45-46-41(58)51(37)26-10-12-35(43-20-26)47-14-16-48(17-15-47)39(56)25-8-6-24(7-9-25)21-50(42(59)60)31-5-3-4-27-30(31)22-49(40(27)57)32-11-13-36(54)44-38(32)55/h3-10,12,18-20,23,32,52-53H,11,13-17,21-22H2,1-2H3,(H,46,58)(H,59,60)(H,44,54,55). The number of hydrogen-bond donors (Lipinski definition) is 5. The maximum atomic E-state index is 13.6. The molecule has 3 aliphatic heterocycles. The summed E-state index contributed by atoms with van der Waals surface area (Å²) >= 11 is 0. The highest BCUT2D eigenvalue weighted by molar-refractivity contribution is 6.06. The van der Waals surface area contributed by atoms with E-state index in [2.05, 4.69) is 20.5 Å². The van der Waals surface area contributed by atoms with Gasteiger partial charge >= 0.3 is 12.1 Å². The molecule has 0 bridgehead atoms. The van der Waals surface area contributed by atoms with Gasteiger partial charge in [0.15, 0.2) is 5.82 Å². The number of rotatable bonds is 9. The van der Waals surface area contributed by atoms with Crippen LogP contribution in [0.15, 0.2) is 72.9 Å². The smallest absolute Gasteiger partial charge is 0.412 e. The lowest BCUT2D eigenvalue weighted by molar-refractivity contribution is -0.136. The van der Waals surface area contributed by atoms with Gasteiger partial charge in [-0.1, -0.05) is 37.1 Å². The van der Waals surface area contributed by atoms with E-state index in [9.17, 15) is 44.4 Å². The Kier molecular flexibility index (Phi) is 10.3. The van der Waals surface area contributed by atoms with Crippen molar-refractivity contribution in [3.8, 4) is 34.6 Å². The Morgan fingerprint density at radius 3 is 2.32 bits per heavy atom. The molecule has 1 unspecified atom stereocenters. The quantitative estimate of drug-likeness (QED) is 0.133. The molecule has 2 fully saturated rings. The van der Waals surface area contributed by atoms with Gasteiger partial charge in [0.05, 0.1) is 29.7 Å². The number of carbonyl (C=O) groups is 5. The number of hydrogen-bond acceptors (Lipinski definition) is 12. The van der Waals surface area contributed by atoms with Gasteiger partial charge in [-0.15, -0.1) is 5.10 Å². The number of nitrogens with zero attached hydrogens (tertiary/aromatic N) is 8. The zero-order valence-corrected chi connectivity index (χ0v) is 32.6. The van der Waals surface area contributed by atoms with Crippen molar-refractivity contribution in [2.45, 2.75) is 51.7 Å². The van der Waals surface area contributed by atoms with Crippen molar-refractivity contribution in [3.63, 3.8) is 0 Å². The van der Waals surface area contributed by atoms with Crippen LogP contribution in [0.3, 0.4) is 0 Å². The molecule has 5 N–H and O–H groups in total. The molecular weight excluding hydrogens is 775 g/mol. The van der Waals surface area contributed by atoms with Crippen molar-refractivity contribution >= 4 is 41.2 Å². The molecule has 0 saturated carbocycles. The monoisotopic (exact) mass is 815 g/mol. The zero-order chi connectivity index (χ0) is 42.4. The van der Waals surface area contributed by atoms with Gasteiger partial charge in [-0.2, -0.15) is 0 Å². The van der Waals surface area contributed by atoms with E-state index in [1.165, 1.54) is 15.5 Å². The minimum atomic E-state index is -1.24. The summed E-state index contributed by atoms with van der Waals surface area (Å²) in [4.78, 5) is 74.6. The average Bonchev–Trinajstić information content (AvgIpc) is 3.78. The summed E-state index contributed by atoms with van der Waals surface area (Å²) in [6.07, 6.45) is 0.595. The number of amides is 5. The third-order valence-corrected chi connectivity index (χ3v) is 11.2. The number of anilines is 2. The number of aromatic nitrogens is 4. The Morgan fingerprint density at radius 1 is 0.900 bits per heavy atom. The van der Waals surface area contributed by atoms with Crippen LogP contribution >= 0.6 is 0 Å². The van der Waals surface area contributed by atoms with E-state index in [4.69, 9.17) is 0 Å². The molecule has 3 aliphatic rings. The van der Waals surface area contributed by atoms with Gasteiger partial charge < -0.3 is 35.1 Å². The number of benzene rings is 3. The van der Waals surface area contributed by atoms with E-state index in [1.807, 2.05) is 18.7 Å². The second kappa shape index (κ2) is 15.7. The van der Waals surface area contributed by atoms with Crippen molar-refractivity contribution in [2.24, 2.45) is 0 Å². The van der Waals surface area contributed by atoms with Crippen LogP contribution in [0.5, 0.6) is 17.5 Å². The van der Waals surface area contributed by atoms with Crippen molar-refractivity contribution in [3.05, 3.63) is 101 Å². The summed E-state index contributed by atoms with van der Waals surface area (Å²) in [5.41, 5.74) is 3.45. The Morgan fingerprint density at radius 2 is 1.65 bits per heavy atom. The minimum Gasteiger partial charge on any atom is -0.508 e. The number of aromatic hydroxyl groups is 3. The maximum Gasteiger partial charge on any atom is 0.412 e. The van der Waals surface area contributed by atoms with Crippen LogP contribution in [-0.4, -0.2) is 112 Å². The number of phenols is 2. The molecule has 5 amide bonds. The zero-order valence-electron chi connectivity index (χ0n) is 32.6. The summed E-state index contributed by atoms with van der Waals surface area (Å²) in [6, 6.07) is 16.6. The molecule has 2 saturated heterocycles. The lowest BCUT2D eigenvalue weighted by atomic mass is 9.98. The van der Waals surface area contributed by atoms with E-state index in [-0.39, 0.29) is 60.6 Å². The van der Waals surface area contributed by atoms with Gasteiger partial charge in [0.2, 0.25) is 11.8 Å². The van der Waals surface area contributed by atoms with Crippen LogP contribution in [0.2, 0.25) is 0 Å². The highest BCUT2D eigenvalue weighted by Crippen LogP contribution is 2.39. The van der Waals surface area contributed by atoms with Gasteiger partial charge in [0, 0.05) is 61.9 Å². The van der Waals surface area contributed by atoms with E-state index >= 15 is 0 Å². The van der Waals surface area contributed by atoms with Gasteiger partial charge in [0.1, 0.15) is 23.4 Å². The highest BCUT2D eigenvalue weighted by atomic mass is 16.4. The summed E-state index contributed by atoms with van der Waals surface area (Å²) in [7, 11) is 0. The predicted octanol–water partition coefficient (Wildman–Crippen LogP) is 3.98. The van der Waals surface area contributed by atoms with E-state index in [1.54, 1.807) is 71.8 Å². The van der Waals surface area contributed by atoms with Gasteiger partial charge in [0.25, 0.3) is 11.8 Å². The molecule has 18 heteroatoms. The second-order valence-corrected chi connectivity index (χ2v) is 15.2. The summed E-state index contributed by atoms with van der Waals surface area (Å²) < 4.78 is 1.35. The fourth-order valence-corrected chi connectivity index (χ4v) is 7.96. The fourth-order valence-electron chi connectivity index (χ4n) is 7.96. The molecule has 60 heavy (non-hydrogen) atoms. The Labute approximate surface area is 342 Å². The molecule has 5 heterocycles. The summed E-state index contributed by atoms with van der Waals surface area (Å²) in [6.45, 7) is 5.59. The first-order valence-corrected chi connectivity index (χ1v) is 19.4. The van der Waals surface area contributed by atoms with Crippen molar-refractivity contribution in [1.29, 1.82) is 0 Å². The lowest BCUT2D eigenvalue weighted by Gasteiger charge is -2.35. The SMILES string of the molecule is CC(C)c1cc(-c2nnc(O)n2-c2ccc(N3CCN(C(=O)c4ccc(CN(C(=O)O)c5cccc6c5CN(C5CCC(=O)NC5=O)C6=O)cc4)CC3)nc2)c(O)cc1O.